The third kappa shape index (κ3) is 4.17. The number of rotatable bonds is 4. The molecule has 1 heterocycles. The summed E-state index contributed by atoms with van der Waals surface area (Å²) in [5.74, 6) is 0.866. The summed E-state index contributed by atoms with van der Waals surface area (Å²) >= 11 is 1.33. The van der Waals surface area contributed by atoms with Crippen molar-refractivity contribution in [3.8, 4) is 11.5 Å². The van der Waals surface area contributed by atoms with E-state index in [0.717, 1.165) is 16.2 Å². The second-order valence-corrected chi connectivity index (χ2v) is 6.98. The van der Waals surface area contributed by atoms with Crippen LogP contribution in [0.2, 0.25) is 0 Å². The number of benzene rings is 2. The summed E-state index contributed by atoms with van der Waals surface area (Å²) < 4.78 is 5.96. The monoisotopic (exact) mass is 387 g/mol. The van der Waals surface area contributed by atoms with Gasteiger partial charge >= 0.3 is 12.0 Å². The molecule has 0 bridgehead atoms. The fourth-order valence-electron chi connectivity index (χ4n) is 2.84. The number of hydrogen-bond acceptors (Lipinski definition) is 6. The lowest BCUT2D eigenvalue weighted by Gasteiger charge is -2.35. The highest BCUT2D eigenvalue weighted by atomic mass is 32.2. The first-order valence-corrected chi connectivity index (χ1v) is 9.73. The third-order valence-electron chi connectivity index (χ3n) is 3.86. The number of ether oxygens (including phenoxy) is 1. The van der Waals surface area contributed by atoms with Crippen LogP contribution in [0.25, 0.3) is 0 Å². The Bertz CT molecular complexity index is 798. The minimum absolute atomic E-state index is 0.137. The van der Waals surface area contributed by atoms with Crippen molar-refractivity contribution in [2.45, 2.75) is 6.04 Å². The lowest BCUT2D eigenvalue weighted by molar-refractivity contribution is -0.180. The maximum absolute atomic E-state index is 12.9. The number of amides is 2. The van der Waals surface area contributed by atoms with Gasteiger partial charge in [0, 0.05) is 25.2 Å². The highest BCUT2D eigenvalue weighted by molar-refractivity contribution is 7.99. The molecule has 0 unspecified atom stereocenters. The molecule has 2 aromatic rings. The first-order valence-electron chi connectivity index (χ1n) is 8.34. The summed E-state index contributed by atoms with van der Waals surface area (Å²) in [6, 6.07) is 13.6. The predicted molar refractivity (Wildman–Crippen MR) is 103 cm³/mol. The molecule has 0 fully saturated rings. The molecule has 0 aliphatic carbocycles. The number of carbonyl (C=O) groups excluding carboxylic acids is 2. The van der Waals surface area contributed by atoms with Crippen LogP contribution in [0.5, 0.6) is 11.5 Å². The normalized spacial score (nSPS) is 12.6. The summed E-state index contributed by atoms with van der Waals surface area (Å²) in [7, 11) is 3.37. The lowest BCUT2D eigenvalue weighted by atomic mass is 9.94. The standard InChI is InChI=1S/C19H21N3O4S/c1-21(2)20-19(24)22(26-17(23)12-27-3)18-13-8-4-6-10-15(13)25-16-11-7-5-9-14(16)18/h4-11,18H,12H2,1-3H3,(H,20,24). The maximum Gasteiger partial charge on any atom is 0.366 e. The van der Waals surface area contributed by atoms with Crippen LogP contribution in [-0.2, 0) is 9.63 Å². The zero-order chi connectivity index (χ0) is 19.4. The van der Waals surface area contributed by atoms with Gasteiger partial charge in [0.15, 0.2) is 0 Å². The number of fused-ring (bicyclic) bond motifs is 2. The molecule has 7 nitrogen and oxygen atoms in total. The molecule has 3 rings (SSSR count). The molecule has 2 aromatic carbocycles. The Morgan fingerprint density at radius 2 is 1.63 bits per heavy atom. The molecule has 0 saturated heterocycles. The van der Waals surface area contributed by atoms with Crippen molar-refractivity contribution in [1.82, 2.24) is 15.5 Å². The molecule has 0 radical (unpaired) electrons. The van der Waals surface area contributed by atoms with Crippen LogP contribution in [0.1, 0.15) is 17.2 Å². The third-order valence-corrected chi connectivity index (χ3v) is 4.39. The maximum atomic E-state index is 12.9. The number of hydrogen-bond donors (Lipinski definition) is 1. The molecule has 0 atom stereocenters. The predicted octanol–water partition coefficient (Wildman–Crippen LogP) is 3.19. The molecule has 142 valence electrons. The van der Waals surface area contributed by atoms with E-state index in [9.17, 15) is 9.59 Å². The van der Waals surface area contributed by atoms with Gasteiger partial charge in [0.25, 0.3) is 0 Å². The topological polar surface area (TPSA) is 71.1 Å². The Labute approximate surface area is 162 Å². The van der Waals surface area contributed by atoms with Gasteiger partial charge < -0.3 is 9.57 Å². The Hall–Kier alpha value is -2.71. The fraction of sp³-hybridized carbons (Fsp3) is 0.263. The van der Waals surface area contributed by atoms with Gasteiger partial charge in [-0.2, -0.15) is 11.8 Å². The molecule has 2 amide bonds. The highest BCUT2D eigenvalue weighted by Gasteiger charge is 2.37. The van der Waals surface area contributed by atoms with Crippen LogP contribution < -0.4 is 10.2 Å². The van der Waals surface area contributed by atoms with E-state index in [1.165, 1.54) is 16.8 Å². The molecule has 0 saturated carbocycles. The zero-order valence-corrected chi connectivity index (χ0v) is 16.2. The van der Waals surface area contributed by atoms with Gasteiger partial charge in [-0.15, -0.1) is 5.06 Å². The smallest absolute Gasteiger partial charge is 0.366 e. The van der Waals surface area contributed by atoms with Crippen LogP contribution in [0.15, 0.2) is 48.5 Å². The van der Waals surface area contributed by atoms with Gasteiger partial charge in [-0.3, -0.25) is 5.43 Å². The number of thioether (sulfide) groups is 1. The highest BCUT2D eigenvalue weighted by Crippen LogP contribution is 2.45. The molecule has 8 heteroatoms. The van der Waals surface area contributed by atoms with Crippen molar-refractivity contribution >= 4 is 23.8 Å². The summed E-state index contributed by atoms with van der Waals surface area (Å²) in [4.78, 5) is 30.5. The first-order chi connectivity index (χ1) is 13.0. The molecule has 0 spiro atoms. The lowest BCUT2D eigenvalue weighted by Crippen LogP contribution is -2.48. The van der Waals surface area contributed by atoms with Gasteiger partial charge in [0.05, 0.1) is 5.75 Å². The van der Waals surface area contributed by atoms with Crippen LogP contribution in [0, 0.1) is 0 Å². The SMILES string of the molecule is CSCC(=O)ON(C(=O)NN(C)C)C1c2ccccc2Oc2ccccc21. The van der Waals surface area contributed by atoms with Crippen LogP contribution >= 0.6 is 11.8 Å². The van der Waals surface area contributed by atoms with Gasteiger partial charge in [-0.05, 0) is 18.4 Å². The van der Waals surface area contributed by atoms with Gasteiger partial charge in [0.2, 0.25) is 0 Å². The molecule has 1 aliphatic rings. The van der Waals surface area contributed by atoms with Gasteiger partial charge in [0.1, 0.15) is 17.5 Å². The molecule has 1 aliphatic heterocycles. The van der Waals surface area contributed by atoms with Crippen LogP contribution in [0.3, 0.4) is 0 Å². The second kappa shape index (κ2) is 8.32. The van der Waals surface area contributed by atoms with Crippen molar-refractivity contribution in [3.63, 3.8) is 0 Å². The van der Waals surface area contributed by atoms with E-state index >= 15 is 0 Å². The van der Waals surface area contributed by atoms with E-state index in [0.29, 0.717) is 11.5 Å². The van der Waals surface area contributed by atoms with Crippen molar-refractivity contribution in [1.29, 1.82) is 0 Å². The summed E-state index contributed by atoms with van der Waals surface area (Å²) in [5.41, 5.74) is 4.12. The van der Waals surface area contributed by atoms with Crippen molar-refractivity contribution in [2.24, 2.45) is 0 Å². The van der Waals surface area contributed by atoms with E-state index in [4.69, 9.17) is 9.57 Å². The molecule has 27 heavy (non-hydrogen) atoms. The zero-order valence-electron chi connectivity index (χ0n) is 15.3. The van der Waals surface area contributed by atoms with Gasteiger partial charge in [-0.25, -0.2) is 14.6 Å². The molecular formula is C19H21N3O4S. The number of carbonyl (C=O) groups is 2. The molecular weight excluding hydrogens is 366 g/mol. The van der Waals surface area contributed by atoms with E-state index in [1.54, 1.807) is 20.4 Å². The number of nitrogens with zero attached hydrogens (tertiary/aromatic N) is 2. The minimum Gasteiger partial charge on any atom is -0.457 e. The second-order valence-electron chi connectivity index (χ2n) is 6.11. The van der Waals surface area contributed by atoms with E-state index < -0.39 is 18.0 Å². The average molecular weight is 387 g/mol. The van der Waals surface area contributed by atoms with E-state index in [2.05, 4.69) is 5.43 Å². The Morgan fingerprint density at radius 3 is 2.15 bits per heavy atom. The quantitative estimate of drug-likeness (QED) is 0.813. The number of hydroxylamine groups is 2. The number of para-hydroxylation sites is 2. The van der Waals surface area contributed by atoms with Crippen LogP contribution in [-0.4, -0.2) is 48.2 Å². The number of hydrazine groups is 1. The van der Waals surface area contributed by atoms with Crippen molar-refractivity contribution < 1.29 is 19.2 Å². The Balaban J connectivity index is 2.07. The first kappa shape index (κ1) is 19.1. The minimum atomic E-state index is -0.628. The number of nitrogens with one attached hydrogen (secondary N) is 1. The van der Waals surface area contributed by atoms with E-state index in [-0.39, 0.29) is 5.75 Å². The van der Waals surface area contributed by atoms with Gasteiger partial charge in [-0.1, -0.05) is 36.4 Å². The summed E-state index contributed by atoms with van der Waals surface area (Å²) in [6.07, 6.45) is 1.80. The van der Waals surface area contributed by atoms with Crippen molar-refractivity contribution in [2.75, 3.05) is 26.1 Å². The summed E-state index contributed by atoms with van der Waals surface area (Å²) in [6.45, 7) is 0. The largest absolute Gasteiger partial charge is 0.457 e. The van der Waals surface area contributed by atoms with Crippen molar-refractivity contribution in [3.05, 3.63) is 59.7 Å². The molecule has 0 aromatic heterocycles. The van der Waals surface area contributed by atoms with Crippen LogP contribution in [0.4, 0.5) is 4.79 Å². The number of urea groups is 1. The summed E-state index contributed by atoms with van der Waals surface area (Å²) in [5, 5.41) is 2.58. The molecule has 1 N–H and O–H groups in total. The average Bonchev–Trinajstić information content (AvgIpc) is 2.64. The van der Waals surface area contributed by atoms with E-state index in [1.807, 2.05) is 48.5 Å². The Morgan fingerprint density at radius 1 is 1.07 bits per heavy atom. The Kier molecular flexibility index (Phi) is 5.88. The fourth-order valence-corrected chi connectivity index (χ4v) is 3.13.